The first-order valence-electron chi connectivity index (χ1n) is 7.84. The van der Waals surface area contributed by atoms with Crippen LogP contribution in [0.1, 0.15) is 23.2 Å². The maximum Gasteiger partial charge on any atom is 0.257 e. The topological polar surface area (TPSA) is 72.2 Å². The summed E-state index contributed by atoms with van der Waals surface area (Å²) < 4.78 is 16.6. The molecular formula is C16H22N2O5. The van der Waals surface area contributed by atoms with Crippen LogP contribution in [0.5, 0.6) is 0 Å². The molecule has 3 rings (SSSR count). The second kappa shape index (κ2) is 6.72. The van der Waals surface area contributed by atoms with Crippen LogP contribution in [0.4, 0.5) is 0 Å². The van der Waals surface area contributed by atoms with Crippen LogP contribution in [0.15, 0.2) is 23.0 Å². The summed E-state index contributed by atoms with van der Waals surface area (Å²) in [6, 6.07) is 1.66. The molecule has 7 heteroatoms. The molecule has 0 bridgehead atoms. The Bertz CT molecular complexity index is 557. The van der Waals surface area contributed by atoms with Crippen molar-refractivity contribution in [2.45, 2.75) is 31.1 Å². The van der Waals surface area contributed by atoms with Gasteiger partial charge in [-0.15, -0.1) is 0 Å². The number of hydrogen-bond acceptors (Lipinski definition) is 5. The molecule has 2 amide bonds. The average molecular weight is 322 g/mol. The van der Waals surface area contributed by atoms with Crippen LogP contribution in [0, 0.1) is 0 Å². The highest BCUT2D eigenvalue weighted by Gasteiger charge is 2.45. The van der Waals surface area contributed by atoms with Gasteiger partial charge >= 0.3 is 0 Å². The Balaban J connectivity index is 1.63. The summed E-state index contributed by atoms with van der Waals surface area (Å²) in [5, 5.41) is 0. The van der Waals surface area contributed by atoms with Crippen molar-refractivity contribution in [3.05, 3.63) is 24.2 Å². The minimum atomic E-state index is -0.172. The van der Waals surface area contributed by atoms with E-state index in [1.807, 2.05) is 4.90 Å². The quantitative estimate of drug-likeness (QED) is 0.818. The van der Waals surface area contributed by atoms with Crippen molar-refractivity contribution >= 4 is 11.8 Å². The number of carbonyl (C=O) groups is 2. The van der Waals surface area contributed by atoms with Crippen LogP contribution in [-0.4, -0.2) is 73.7 Å². The number of likely N-dealkylation sites (N-methyl/N-ethyl adjacent to an activating group) is 1. The number of fused-ring (bicyclic) bond motifs is 1. The molecule has 1 aromatic heterocycles. The lowest BCUT2D eigenvalue weighted by molar-refractivity contribution is -0.142. The molecule has 2 aliphatic rings. The van der Waals surface area contributed by atoms with E-state index in [1.54, 1.807) is 20.2 Å². The highest BCUT2D eigenvalue weighted by atomic mass is 16.5. The Morgan fingerprint density at radius 1 is 1.39 bits per heavy atom. The van der Waals surface area contributed by atoms with E-state index in [-0.39, 0.29) is 36.7 Å². The van der Waals surface area contributed by atoms with Gasteiger partial charge in [0.05, 0.1) is 30.6 Å². The first kappa shape index (κ1) is 16.0. The Morgan fingerprint density at radius 3 is 2.91 bits per heavy atom. The largest absolute Gasteiger partial charge is 0.472 e. The number of morpholine rings is 1. The monoisotopic (exact) mass is 322 g/mol. The summed E-state index contributed by atoms with van der Waals surface area (Å²) in [6.07, 6.45) is 4.24. The lowest BCUT2D eigenvalue weighted by Crippen LogP contribution is -2.54. The van der Waals surface area contributed by atoms with Crippen LogP contribution in [0.25, 0.3) is 0 Å². The zero-order valence-corrected chi connectivity index (χ0v) is 13.4. The molecule has 7 nitrogen and oxygen atoms in total. The van der Waals surface area contributed by atoms with Crippen LogP contribution < -0.4 is 0 Å². The summed E-state index contributed by atoms with van der Waals surface area (Å²) in [7, 11) is 3.40. The smallest absolute Gasteiger partial charge is 0.257 e. The SMILES string of the molecule is CN(C)C(=O)CO[C@@H]1CC[C@H]2[C@H]1OCCN2C(=O)c1ccoc1. The molecule has 1 saturated carbocycles. The van der Waals surface area contributed by atoms with E-state index < -0.39 is 0 Å². The van der Waals surface area contributed by atoms with Crippen molar-refractivity contribution in [2.24, 2.45) is 0 Å². The van der Waals surface area contributed by atoms with E-state index in [2.05, 4.69) is 0 Å². The molecule has 23 heavy (non-hydrogen) atoms. The summed E-state index contributed by atoms with van der Waals surface area (Å²) in [5.41, 5.74) is 0.554. The van der Waals surface area contributed by atoms with Gasteiger partial charge in [-0.1, -0.05) is 0 Å². The van der Waals surface area contributed by atoms with Gasteiger partial charge in [-0.05, 0) is 18.9 Å². The molecule has 126 valence electrons. The third-order valence-corrected chi connectivity index (χ3v) is 4.48. The second-order valence-corrected chi connectivity index (χ2v) is 6.13. The summed E-state index contributed by atoms with van der Waals surface area (Å²) in [6.45, 7) is 1.08. The number of amides is 2. The predicted molar refractivity (Wildman–Crippen MR) is 80.9 cm³/mol. The molecule has 0 radical (unpaired) electrons. The van der Waals surface area contributed by atoms with Gasteiger partial charge in [-0.25, -0.2) is 0 Å². The fourth-order valence-corrected chi connectivity index (χ4v) is 3.21. The maximum atomic E-state index is 12.6. The molecule has 0 aromatic carbocycles. The Hall–Kier alpha value is -1.86. The van der Waals surface area contributed by atoms with Gasteiger partial charge in [0.1, 0.15) is 19.0 Å². The lowest BCUT2D eigenvalue weighted by atomic mass is 10.1. The molecule has 1 aliphatic heterocycles. The maximum absolute atomic E-state index is 12.6. The number of ether oxygens (including phenoxy) is 2. The van der Waals surface area contributed by atoms with Crippen molar-refractivity contribution in [3.8, 4) is 0 Å². The molecule has 0 spiro atoms. The highest BCUT2D eigenvalue weighted by Crippen LogP contribution is 2.33. The van der Waals surface area contributed by atoms with Crippen LogP contribution >= 0.6 is 0 Å². The zero-order chi connectivity index (χ0) is 16.4. The second-order valence-electron chi connectivity index (χ2n) is 6.13. The number of rotatable bonds is 4. The van der Waals surface area contributed by atoms with E-state index in [9.17, 15) is 9.59 Å². The molecule has 0 N–H and O–H groups in total. The van der Waals surface area contributed by atoms with Crippen molar-refractivity contribution in [2.75, 3.05) is 33.9 Å². The van der Waals surface area contributed by atoms with Gasteiger partial charge in [-0.3, -0.25) is 9.59 Å². The average Bonchev–Trinajstić information content (AvgIpc) is 3.21. The lowest BCUT2D eigenvalue weighted by Gasteiger charge is -2.38. The molecular weight excluding hydrogens is 300 g/mol. The fraction of sp³-hybridized carbons (Fsp3) is 0.625. The van der Waals surface area contributed by atoms with Gasteiger partial charge in [0.25, 0.3) is 5.91 Å². The standard InChI is InChI=1S/C16H22N2O5/c1-17(2)14(19)10-23-13-4-3-12-15(13)22-8-6-18(12)16(20)11-5-7-21-9-11/h5,7,9,12-13,15H,3-4,6,8,10H2,1-2H3/t12-,13+,15+/m0/s1. The van der Waals surface area contributed by atoms with Crippen LogP contribution in [-0.2, 0) is 14.3 Å². The number of hydrogen-bond donors (Lipinski definition) is 0. The first-order chi connectivity index (χ1) is 11.1. The summed E-state index contributed by atoms with van der Waals surface area (Å²) >= 11 is 0. The Kier molecular flexibility index (Phi) is 4.68. The predicted octanol–water partition coefficient (Wildman–Crippen LogP) is 0.756. The fourth-order valence-electron chi connectivity index (χ4n) is 3.21. The number of nitrogens with zero attached hydrogens (tertiary/aromatic N) is 2. The van der Waals surface area contributed by atoms with E-state index in [4.69, 9.17) is 13.9 Å². The third-order valence-electron chi connectivity index (χ3n) is 4.48. The summed E-state index contributed by atoms with van der Waals surface area (Å²) in [5.74, 6) is -0.113. The molecule has 2 heterocycles. The van der Waals surface area contributed by atoms with E-state index in [1.165, 1.54) is 17.4 Å². The number of carbonyl (C=O) groups excluding carboxylic acids is 2. The molecule has 1 aliphatic carbocycles. The minimum absolute atomic E-state index is 0.00870. The third kappa shape index (κ3) is 3.25. The minimum Gasteiger partial charge on any atom is -0.472 e. The molecule has 3 atom stereocenters. The van der Waals surface area contributed by atoms with E-state index in [0.717, 1.165) is 12.8 Å². The van der Waals surface area contributed by atoms with E-state index >= 15 is 0 Å². The van der Waals surface area contributed by atoms with Gasteiger partial charge in [0.2, 0.25) is 5.91 Å². The highest BCUT2D eigenvalue weighted by molar-refractivity contribution is 5.94. The molecule has 1 saturated heterocycles. The Labute approximate surface area is 135 Å². The first-order valence-corrected chi connectivity index (χ1v) is 7.84. The zero-order valence-electron chi connectivity index (χ0n) is 13.4. The van der Waals surface area contributed by atoms with Crippen molar-refractivity contribution in [1.29, 1.82) is 0 Å². The van der Waals surface area contributed by atoms with Crippen molar-refractivity contribution in [1.82, 2.24) is 9.80 Å². The van der Waals surface area contributed by atoms with Gasteiger partial charge < -0.3 is 23.7 Å². The Morgan fingerprint density at radius 2 is 2.22 bits per heavy atom. The number of furan rings is 1. The van der Waals surface area contributed by atoms with Crippen LogP contribution in [0.2, 0.25) is 0 Å². The summed E-state index contributed by atoms with van der Waals surface area (Å²) in [4.78, 5) is 27.6. The molecule has 1 aromatic rings. The van der Waals surface area contributed by atoms with Gasteiger partial charge in [0.15, 0.2) is 0 Å². The van der Waals surface area contributed by atoms with Gasteiger partial charge in [-0.2, -0.15) is 0 Å². The normalized spacial score (nSPS) is 26.9. The molecule has 2 fully saturated rings. The van der Waals surface area contributed by atoms with Crippen LogP contribution in [0.3, 0.4) is 0 Å². The molecule has 0 unspecified atom stereocenters. The van der Waals surface area contributed by atoms with E-state index in [0.29, 0.717) is 18.7 Å². The van der Waals surface area contributed by atoms with Crippen molar-refractivity contribution < 1.29 is 23.5 Å². The van der Waals surface area contributed by atoms with Gasteiger partial charge in [0, 0.05) is 20.6 Å². The van der Waals surface area contributed by atoms with Crippen molar-refractivity contribution in [3.63, 3.8) is 0 Å².